The van der Waals surface area contributed by atoms with Gasteiger partial charge in [0, 0.05) is 0 Å². The van der Waals surface area contributed by atoms with Crippen molar-refractivity contribution in [3.8, 4) is 0 Å². The van der Waals surface area contributed by atoms with Crippen LogP contribution in [0.5, 0.6) is 0 Å². The second-order valence-corrected chi connectivity index (χ2v) is 5.27. The van der Waals surface area contributed by atoms with Gasteiger partial charge in [-0.15, -0.1) is 0 Å². The number of hydrogen-bond donors (Lipinski definition) is 4. The second kappa shape index (κ2) is 17.0. The zero-order valence-electron chi connectivity index (χ0n) is 5.29. The van der Waals surface area contributed by atoms with Gasteiger partial charge in [-0.25, -0.2) is 0 Å². The maximum absolute atomic E-state index is 4.89. The van der Waals surface area contributed by atoms with Gasteiger partial charge >= 0.3 is 36.6 Å². The maximum Gasteiger partial charge on any atom is 0.160 e. The summed E-state index contributed by atoms with van der Waals surface area (Å²) in [6.45, 7) is 0. The van der Waals surface area contributed by atoms with E-state index >= 15 is 0 Å². The molecule has 0 saturated carbocycles. The summed E-state index contributed by atoms with van der Waals surface area (Å²) in [7, 11) is 9.79. The third-order valence-electron chi connectivity index (χ3n) is 0. The minimum absolute atomic E-state index is 0.000000000000000222. The van der Waals surface area contributed by atoms with Gasteiger partial charge in [-0.1, -0.05) is 0 Å². The van der Waals surface area contributed by atoms with Gasteiger partial charge in [0.25, 0.3) is 0 Å². The van der Waals surface area contributed by atoms with E-state index in [1.807, 2.05) is 0 Å². The SMILES string of the molecule is Cl[Te]Cl.NC(N)=S.NC(N)=S. The zero-order chi connectivity index (χ0) is 9.86. The van der Waals surface area contributed by atoms with Gasteiger partial charge in [0.2, 0.25) is 0 Å². The molecule has 11 heavy (non-hydrogen) atoms. The van der Waals surface area contributed by atoms with E-state index in [-0.39, 0.29) is 10.2 Å². The molecule has 0 aromatic rings. The van der Waals surface area contributed by atoms with Crippen LogP contribution in [-0.4, -0.2) is 28.9 Å². The Morgan fingerprint density at radius 3 is 0.909 bits per heavy atom. The van der Waals surface area contributed by atoms with Crippen LogP contribution in [0.1, 0.15) is 0 Å². The van der Waals surface area contributed by atoms with Crippen molar-refractivity contribution in [2.75, 3.05) is 0 Å². The summed E-state index contributed by atoms with van der Waals surface area (Å²) in [5.41, 5.74) is 18.5. The molecule has 0 aromatic heterocycles. The van der Waals surface area contributed by atoms with E-state index in [1.54, 1.807) is 0 Å². The molecule has 0 heterocycles. The van der Waals surface area contributed by atoms with E-state index in [4.69, 9.17) is 17.9 Å². The topological polar surface area (TPSA) is 104 Å². The van der Waals surface area contributed by atoms with Crippen molar-refractivity contribution >= 4 is 71.3 Å². The van der Waals surface area contributed by atoms with Crippen LogP contribution in [0.25, 0.3) is 0 Å². The smallest absolute Gasteiger partial charge is 0.160 e. The minimum atomic E-state index is -0.586. The Hall–Kier alpha value is 0.750. The molecule has 0 saturated heterocycles. The summed E-state index contributed by atoms with van der Waals surface area (Å²) in [5.74, 6) is 0. The summed E-state index contributed by atoms with van der Waals surface area (Å²) in [6, 6.07) is 0. The first kappa shape index (κ1) is 17.7. The number of rotatable bonds is 0. The normalized spacial score (nSPS) is 6.00. The first-order chi connectivity index (χ1) is 4.88. The molecule has 0 bridgehead atoms. The quantitative estimate of drug-likeness (QED) is 0.343. The molecule has 9 heteroatoms. The Bertz CT molecular complexity index is 92.3. The fraction of sp³-hybridized carbons (Fsp3) is 0. The Kier molecular flexibility index (Phi) is 27.4. The molecule has 0 fully saturated rings. The third kappa shape index (κ3) is 1460. The van der Waals surface area contributed by atoms with Crippen LogP contribution in [0, 0.1) is 0 Å². The van der Waals surface area contributed by atoms with Crippen LogP contribution in [0.15, 0.2) is 0 Å². The molecular formula is C2H8Cl2N4S2Te. The first-order valence-electron chi connectivity index (χ1n) is 1.87. The predicted octanol–water partition coefficient (Wildman–Crippen LogP) is -0.624. The monoisotopic (exact) mass is 352 g/mol. The minimum Gasteiger partial charge on any atom is -0.377 e. The first-order valence-corrected chi connectivity index (χ1v) is 8.59. The van der Waals surface area contributed by atoms with E-state index in [0.717, 1.165) is 0 Å². The molecule has 0 aromatic carbocycles. The number of hydrogen-bond acceptors (Lipinski definition) is 2. The molecule has 0 spiro atoms. The standard InChI is InChI=1S/2CH4N2S.Cl2Te/c2*2-1(3)4;1-3-2/h2*(H4,2,3,4);. The molecule has 0 aliphatic carbocycles. The predicted molar refractivity (Wildman–Crippen MR) is 59.4 cm³/mol. The summed E-state index contributed by atoms with van der Waals surface area (Å²) in [6.07, 6.45) is 0. The van der Waals surface area contributed by atoms with Crippen LogP contribution >= 0.6 is 42.4 Å². The van der Waals surface area contributed by atoms with Gasteiger partial charge in [-0.3, -0.25) is 0 Å². The van der Waals surface area contributed by atoms with Crippen LogP contribution < -0.4 is 22.9 Å². The third-order valence-corrected chi connectivity index (χ3v) is 0. The fourth-order valence-corrected chi connectivity index (χ4v) is 0. The molecular weight excluding hydrogens is 343 g/mol. The average molecular weight is 351 g/mol. The molecule has 0 amide bonds. The average Bonchev–Trinajstić information content (AvgIpc) is 1.60. The molecule has 0 radical (unpaired) electrons. The van der Waals surface area contributed by atoms with Crippen LogP contribution in [0.2, 0.25) is 0 Å². The van der Waals surface area contributed by atoms with Gasteiger partial charge in [-0.2, -0.15) is 0 Å². The van der Waals surface area contributed by atoms with Crippen LogP contribution in [-0.2, 0) is 0 Å². The van der Waals surface area contributed by atoms with Crippen molar-refractivity contribution in [2.24, 2.45) is 22.9 Å². The molecule has 0 atom stereocenters. The van der Waals surface area contributed by atoms with Crippen LogP contribution in [0.4, 0.5) is 0 Å². The molecule has 0 aliphatic rings. The number of nitrogens with two attached hydrogens (primary N) is 4. The molecule has 4 nitrogen and oxygen atoms in total. The summed E-state index contributed by atoms with van der Waals surface area (Å²) >= 11 is 7.60. The molecule has 0 aliphatic heterocycles. The maximum atomic E-state index is 4.89. The fourth-order valence-electron chi connectivity index (χ4n) is 0. The van der Waals surface area contributed by atoms with Crippen molar-refractivity contribution in [3.05, 3.63) is 0 Å². The van der Waals surface area contributed by atoms with Crippen molar-refractivity contribution in [2.45, 2.75) is 0 Å². The molecule has 0 unspecified atom stereocenters. The second-order valence-electron chi connectivity index (χ2n) is 0.863. The van der Waals surface area contributed by atoms with Gasteiger partial charge in [0.05, 0.1) is 0 Å². The van der Waals surface area contributed by atoms with Gasteiger partial charge in [-0.05, 0) is 24.4 Å². The summed E-state index contributed by atoms with van der Waals surface area (Å²) < 4.78 is 0. The van der Waals surface area contributed by atoms with E-state index in [1.165, 1.54) is 0 Å². The van der Waals surface area contributed by atoms with E-state index in [2.05, 4.69) is 47.4 Å². The van der Waals surface area contributed by atoms with Crippen molar-refractivity contribution < 1.29 is 0 Å². The molecule has 8 N–H and O–H groups in total. The Morgan fingerprint density at radius 2 is 0.909 bits per heavy atom. The summed E-state index contributed by atoms with van der Waals surface area (Å²) in [4.78, 5) is 0. The van der Waals surface area contributed by atoms with Crippen molar-refractivity contribution in [3.63, 3.8) is 0 Å². The Balaban J connectivity index is -0.0000000886. The van der Waals surface area contributed by atoms with Crippen molar-refractivity contribution in [1.29, 1.82) is 0 Å². The van der Waals surface area contributed by atoms with Gasteiger partial charge in [0.15, 0.2) is 10.2 Å². The largest absolute Gasteiger partial charge is 0.377 e. The van der Waals surface area contributed by atoms with Gasteiger partial charge < -0.3 is 22.9 Å². The molecule has 68 valence electrons. The van der Waals surface area contributed by atoms with E-state index < -0.39 is 18.7 Å². The van der Waals surface area contributed by atoms with Gasteiger partial charge in [0.1, 0.15) is 0 Å². The van der Waals surface area contributed by atoms with Crippen molar-refractivity contribution in [1.82, 2.24) is 0 Å². The zero-order valence-corrected chi connectivity index (χ0v) is 10.8. The molecule has 0 rings (SSSR count). The number of thiocarbonyl (C=S) groups is 2. The van der Waals surface area contributed by atoms with E-state index in [0.29, 0.717) is 0 Å². The van der Waals surface area contributed by atoms with E-state index in [9.17, 15) is 0 Å². The summed E-state index contributed by atoms with van der Waals surface area (Å²) in [5, 5.41) is 0.000000000000000444. The Labute approximate surface area is 93.5 Å². The number of halogens is 2. The van der Waals surface area contributed by atoms with Crippen LogP contribution in [0.3, 0.4) is 0 Å². The Morgan fingerprint density at radius 1 is 0.909 bits per heavy atom.